The first-order valence-corrected chi connectivity index (χ1v) is 8.57. The number of nitrogens with zero attached hydrogens (tertiary/aromatic N) is 1. The van der Waals surface area contributed by atoms with Gasteiger partial charge in [0.2, 0.25) is 0 Å². The number of hydrogen-bond acceptors (Lipinski definition) is 4. The summed E-state index contributed by atoms with van der Waals surface area (Å²) in [7, 11) is 0. The lowest BCUT2D eigenvalue weighted by molar-refractivity contribution is 0.0995. The molecule has 0 aliphatic carbocycles. The highest BCUT2D eigenvalue weighted by Gasteiger charge is 2.22. The monoisotopic (exact) mass is 377 g/mol. The molecule has 5 nitrogen and oxygen atoms in total. The molecule has 1 aliphatic heterocycles. The van der Waals surface area contributed by atoms with Crippen LogP contribution < -0.4 is 16.0 Å². The van der Waals surface area contributed by atoms with Gasteiger partial charge in [0.05, 0.1) is 11.4 Å². The number of furan rings is 1. The first-order chi connectivity index (χ1) is 11.0. The van der Waals surface area contributed by atoms with Gasteiger partial charge in [0.25, 0.3) is 5.91 Å². The molecular weight excluding hydrogens is 358 g/mol. The highest BCUT2D eigenvalue weighted by molar-refractivity contribution is 9.10. The third-order valence-corrected chi connectivity index (χ3v) is 4.60. The van der Waals surface area contributed by atoms with Crippen LogP contribution in [-0.2, 0) is 0 Å². The summed E-state index contributed by atoms with van der Waals surface area (Å²) in [4.78, 5) is 14.7. The van der Waals surface area contributed by atoms with Crippen LogP contribution in [0.4, 0.5) is 17.1 Å². The summed E-state index contributed by atoms with van der Waals surface area (Å²) in [6.45, 7) is 3.20. The molecule has 1 amide bonds. The summed E-state index contributed by atoms with van der Waals surface area (Å²) in [5.41, 5.74) is 8.25. The van der Waals surface area contributed by atoms with E-state index in [0.717, 1.165) is 30.8 Å². The molecule has 1 atom stereocenters. The van der Waals surface area contributed by atoms with E-state index < -0.39 is 0 Å². The molecule has 0 radical (unpaired) electrons. The predicted molar refractivity (Wildman–Crippen MR) is 95.9 cm³/mol. The normalized spacial score (nSPS) is 18.0. The van der Waals surface area contributed by atoms with Gasteiger partial charge >= 0.3 is 0 Å². The molecule has 122 valence electrons. The van der Waals surface area contributed by atoms with Crippen LogP contribution in [0.1, 0.15) is 36.7 Å². The van der Waals surface area contributed by atoms with Crippen LogP contribution in [0, 0.1) is 0 Å². The Morgan fingerprint density at radius 3 is 2.87 bits per heavy atom. The van der Waals surface area contributed by atoms with Crippen molar-refractivity contribution in [1.82, 2.24) is 0 Å². The smallest absolute Gasteiger partial charge is 0.291 e. The molecule has 0 spiro atoms. The molecule has 1 saturated heterocycles. The van der Waals surface area contributed by atoms with Crippen LogP contribution in [0.5, 0.6) is 0 Å². The Kier molecular flexibility index (Phi) is 4.61. The Morgan fingerprint density at radius 2 is 2.17 bits per heavy atom. The van der Waals surface area contributed by atoms with Gasteiger partial charge in [-0.25, -0.2) is 0 Å². The molecule has 3 rings (SSSR count). The Hall–Kier alpha value is -1.95. The van der Waals surface area contributed by atoms with Crippen molar-refractivity contribution < 1.29 is 9.21 Å². The van der Waals surface area contributed by atoms with E-state index in [1.54, 1.807) is 18.2 Å². The SMILES string of the molecule is CC1CCCCN1c1ccc(N)cc1NC(=O)c1ccc(Br)o1. The van der Waals surface area contributed by atoms with Crippen molar-refractivity contribution in [3.63, 3.8) is 0 Å². The molecule has 1 aromatic carbocycles. The van der Waals surface area contributed by atoms with Gasteiger partial charge in [-0.3, -0.25) is 4.79 Å². The second-order valence-corrected chi connectivity index (χ2v) is 6.65. The minimum Gasteiger partial charge on any atom is -0.444 e. The second kappa shape index (κ2) is 6.66. The first-order valence-electron chi connectivity index (χ1n) is 7.77. The Bertz CT molecular complexity index is 714. The summed E-state index contributed by atoms with van der Waals surface area (Å²) >= 11 is 3.21. The van der Waals surface area contributed by atoms with Crippen molar-refractivity contribution in [2.75, 3.05) is 22.5 Å². The van der Waals surface area contributed by atoms with E-state index in [0.29, 0.717) is 16.4 Å². The van der Waals surface area contributed by atoms with Crippen molar-refractivity contribution in [2.45, 2.75) is 32.2 Å². The number of hydrogen-bond donors (Lipinski definition) is 2. The van der Waals surface area contributed by atoms with Crippen molar-refractivity contribution in [3.05, 3.63) is 40.8 Å². The summed E-state index contributed by atoms with van der Waals surface area (Å²) in [6, 6.07) is 9.42. The Morgan fingerprint density at radius 1 is 1.35 bits per heavy atom. The fraction of sp³-hybridized carbons (Fsp3) is 0.353. The molecule has 0 bridgehead atoms. The van der Waals surface area contributed by atoms with Gasteiger partial charge in [-0.15, -0.1) is 0 Å². The van der Waals surface area contributed by atoms with E-state index in [-0.39, 0.29) is 11.7 Å². The zero-order chi connectivity index (χ0) is 16.4. The number of carbonyl (C=O) groups is 1. The molecule has 0 saturated carbocycles. The fourth-order valence-electron chi connectivity index (χ4n) is 2.98. The number of nitrogens with one attached hydrogen (secondary N) is 1. The van der Waals surface area contributed by atoms with Gasteiger partial charge in [-0.1, -0.05) is 0 Å². The number of carbonyl (C=O) groups excluding carboxylic acids is 1. The molecular formula is C17H20BrN3O2. The topological polar surface area (TPSA) is 71.5 Å². The molecule has 1 unspecified atom stereocenters. The number of nitrogen functional groups attached to an aromatic ring is 1. The van der Waals surface area contributed by atoms with E-state index in [2.05, 4.69) is 33.1 Å². The summed E-state index contributed by atoms with van der Waals surface area (Å²) in [5.74, 6) is -0.0239. The van der Waals surface area contributed by atoms with Crippen LogP contribution in [0.2, 0.25) is 0 Å². The number of benzene rings is 1. The lowest BCUT2D eigenvalue weighted by Gasteiger charge is -2.36. The van der Waals surface area contributed by atoms with E-state index in [4.69, 9.17) is 10.2 Å². The minimum absolute atomic E-state index is 0.261. The molecule has 1 fully saturated rings. The summed E-state index contributed by atoms with van der Waals surface area (Å²) < 4.78 is 5.84. The maximum absolute atomic E-state index is 12.4. The first kappa shape index (κ1) is 15.9. The van der Waals surface area contributed by atoms with E-state index in [9.17, 15) is 4.79 Å². The van der Waals surface area contributed by atoms with E-state index in [1.165, 1.54) is 6.42 Å². The zero-order valence-electron chi connectivity index (χ0n) is 13.0. The molecule has 2 aromatic rings. The van der Waals surface area contributed by atoms with Gasteiger partial charge in [-0.2, -0.15) is 0 Å². The Balaban J connectivity index is 1.88. The largest absolute Gasteiger partial charge is 0.444 e. The van der Waals surface area contributed by atoms with E-state index in [1.807, 2.05) is 12.1 Å². The summed E-state index contributed by atoms with van der Waals surface area (Å²) in [5, 5.41) is 2.92. The van der Waals surface area contributed by atoms with Crippen LogP contribution in [-0.4, -0.2) is 18.5 Å². The molecule has 6 heteroatoms. The maximum atomic E-state index is 12.4. The number of anilines is 3. The fourth-order valence-corrected chi connectivity index (χ4v) is 3.29. The van der Waals surface area contributed by atoms with Crippen molar-refractivity contribution >= 4 is 38.9 Å². The highest BCUT2D eigenvalue weighted by atomic mass is 79.9. The quantitative estimate of drug-likeness (QED) is 0.783. The average molecular weight is 378 g/mol. The van der Waals surface area contributed by atoms with Crippen LogP contribution in [0.25, 0.3) is 0 Å². The van der Waals surface area contributed by atoms with Crippen LogP contribution >= 0.6 is 15.9 Å². The van der Waals surface area contributed by atoms with Gasteiger partial charge in [0.1, 0.15) is 0 Å². The van der Waals surface area contributed by atoms with Crippen LogP contribution in [0.3, 0.4) is 0 Å². The van der Waals surface area contributed by atoms with Crippen LogP contribution in [0.15, 0.2) is 39.4 Å². The third-order valence-electron chi connectivity index (χ3n) is 4.18. The van der Waals surface area contributed by atoms with Gasteiger partial charge in [-0.05, 0) is 72.4 Å². The number of nitrogens with two attached hydrogens (primary N) is 1. The molecule has 3 N–H and O–H groups in total. The zero-order valence-corrected chi connectivity index (χ0v) is 14.6. The molecule has 1 aliphatic rings. The lowest BCUT2D eigenvalue weighted by Crippen LogP contribution is -2.38. The highest BCUT2D eigenvalue weighted by Crippen LogP contribution is 2.33. The summed E-state index contributed by atoms with van der Waals surface area (Å²) in [6.07, 6.45) is 3.56. The van der Waals surface area contributed by atoms with Gasteiger partial charge in [0, 0.05) is 18.3 Å². The van der Waals surface area contributed by atoms with Gasteiger partial charge < -0.3 is 20.4 Å². The molecule has 2 heterocycles. The molecule has 23 heavy (non-hydrogen) atoms. The third kappa shape index (κ3) is 3.52. The van der Waals surface area contributed by atoms with Crippen molar-refractivity contribution in [1.29, 1.82) is 0 Å². The minimum atomic E-state index is -0.285. The predicted octanol–water partition coefficient (Wildman–Crippen LogP) is 4.26. The van der Waals surface area contributed by atoms with E-state index >= 15 is 0 Å². The lowest BCUT2D eigenvalue weighted by atomic mass is 10.0. The maximum Gasteiger partial charge on any atom is 0.291 e. The average Bonchev–Trinajstić information content (AvgIpc) is 2.95. The van der Waals surface area contributed by atoms with Crippen molar-refractivity contribution in [2.24, 2.45) is 0 Å². The Labute approximate surface area is 144 Å². The second-order valence-electron chi connectivity index (χ2n) is 5.87. The number of piperidine rings is 1. The standard InChI is InChI=1S/C17H20BrN3O2/c1-11-4-2-3-9-21(11)14-6-5-12(19)10-13(14)20-17(22)15-7-8-16(18)23-15/h5-8,10-11H,2-4,9,19H2,1H3,(H,20,22). The van der Waals surface area contributed by atoms with Gasteiger partial charge in [0.15, 0.2) is 10.4 Å². The van der Waals surface area contributed by atoms with Crippen molar-refractivity contribution in [3.8, 4) is 0 Å². The number of amides is 1. The number of halogens is 1. The number of rotatable bonds is 3. The molecule has 1 aromatic heterocycles.